The van der Waals surface area contributed by atoms with E-state index in [1.54, 1.807) is 0 Å². The molecule has 92 valence electrons. The van der Waals surface area contributed by atoms with Crippen molar-refractivity contribution in [1.82, 2.24) is 0 Å². The van der Waals surface area contributed by atoms with Gasteiger partial charge in [0, 0.05) is 12.1 Å². The molecule has 0 aliphatic carbocycles. The van der Waals surface area contributed by atoms with Crippen LogP contribution in [0.1, 0.15) is 6.42 Å². The molecule has 8 heteroatoms. The van der Waals surface area contributed by atoms with Crippen LogP contribution < -0.4 is 5.01 Å². The van der Waals surface area contributed by atoms with Crippen LogP contribution in [-0.2, 0) is 9.59 Å². The Labute approximate surface area is 100 Å². The first kappa shape index (κ1) is 11.7. The second kappa shape index (κ2) is 4.24. The van der Waals surface area contributed by atoms with Crippen LogP contribution in [0, 0.1) is 10.1 Å². The summed E-state index contributed by atoms with van der Waals surface area (Å²) in [6.07, 6.45) is -0.285. The minimum absolute atomic E-state index is 0.118. The van der Waals surface area contributed by atoms with Crippen molar-refractivity contribution in [3.63, 3.8) is 0 Å². The highest BCUT2D eigenvalue weighted by molar-refractivity contribution is 6.42. The first-order chi connectivity index (χ1) is 8.49. The van der Waals surface area contributed by atoms with Crippen molar-refractivity contribution in [3.05, 3.63) is 34.4 Å². The third-order valence-corrected chi connectivity index (χ3v) is 2.33. The number of carboxylic acid groups (broad SMARTS) is 1. The number of amides is 1. The van der Waals surface area contributed by atoms with E-state index in [1.165, 1.54) is 24.3 Å². The van der Waals surface area contributed by atoms with Crippen LogP contribution in [0.2, 0.25) is 0 Å². The minimum Gasteiger partial charge on any atom is -0.477 e. The summed E-state index contributed by atoms with van der Waals surface area (Å²) in [4.78, 5) is 32.1. The Morgan fingerprint density at radius 1 is 1.39 bits per heavy atom. The molecule has 1 aromatic rings. The molecule has 0 radical (unpaired) electrons. The summed E-state index contributed by atoms with van der Waals surface area (Å²) in [6, 6.07) is 5.11. The fourth-order valence-electron chi connectivity index (χ4n) is 1.47. The van der Waals surface area contributed by atoms with Gasteiger partial charge in [0.15, 0.2) is 5.71 Å². The molecule has 1 aliphatic heterocycles. The van der Waals surface area contributed by atoms with E-state index in [1.807, 2.05) is 0 Å². The van der Waals surface area contributed by atoms with Crippen molar-refractivity contribution >= 4 is 29.0 Å². The van der Waals surface area contributed by atoms with E-state index >= 15 is 0 Å². The number of nitro benzene ring substituents is 1. The Balaban J connectivity index is 2.29. The smallest absolute Gasteiger partial charge is 0.352 e. The maximum atomic E-state index is 11.5. The second-order valence-electron chi connectivity index (χ2n) is 3.51. The second-order valence-corrected chi connectivity index (χ2v) is 3.51. The van der Waals surface area contributed by atoms with Crippen molar-refractivity contribution in [2.45, 2.75) is 6.42 Å². The summed E-state index contributed by atoms with van der Waals surface area (Å²) < 4.78 is 0. The first-order valence-corrected chi connectivity index (χ1v) is 4.87. The number of nitro groups is 1. The Hall–Kier alpha value is -2.77. The molecular weight excluding hydrogens is 242 g/mol. The molecule has 0 spiro atoms. The Morgan fingerprint density at radius 2 is 2.00 bits per heavy atom. The predicted octanol–water partition coefficient (Wildman–Crippen LogP) is 0.772. The van der Waals surface area contributed by atoms with E-state index in [0.29, 0.717) is 5.69 Å². The van der Waals surface area contributed by atoms with Gasteiger partial charge in [-0.2, -0.15) is 10.1 Å². The van der Waals surface area contributed by atoms with Gasteiger partial charge in [0.1, 0.15) is 0 Å². The van der Waals surface area contributed by atoms with Gasteiger partial charge >= 0.3 is 5.97 Å². The van der Waals surface area contributed by atoms with E-state index in [-0.39, 0.29) is 17.8 Å². The van der Waals surface area contributed by atoms with Gasteiger partial charge in [-0.1, -0.05) is 0 Å². The number of nitrogens with zero attached hydrogens (tertiary/aromatic N) is 3. The van der Waals surface area contributed by atoms with Crippen molar-refractivity contribution in [2.75, 3.05) is 5.01 Å². The molecule has 0 saturated carbocycles. The van der Waals surface area contributed by atoms with E-state index in [2.05, 4.69) is 5.10 Å². The zero-order valence-corrected chi connectivity index (χ0v) is 8.94. The number of hydrazone groups is 1. The molecular formula is C10H7N3O5. The molecule has 18 heavy (non-hydrogen) atoms. The molecule has 0 unspecified atom stereocenters. The molecule has 0 bridgehead atoms. The molecule has 1 heterocycles. The maximum absolute atomic E-state index is 11.5. The van der Waals surface area contributed by atoms with Crippen molar-refractivity contribution in [2.24, 2.45) is 5.10 Å². The fourth-order valence-corrected chi connectivity index (χ4v) is 1.47. The van der Waals surface area contributed by atoms with Crippen LogP contribution >= 0.6 is 0 Å². The monoisotopic (exact) mass is 249 g/mol. The van der Waals surface area contributed by atoms with Crippen LogP contribution in [0.3, 0.4) is 0 Å². The molecule has 1 amide bonds. The van der Waals surface area contributed by atoms with Gasteiger partial charge in [0.2, 0.25) is 0 Å². The van der Waals surface area contributed by atoms with Gasteiger partial charge in [-0.05, 0) is 12.1 Å². The molecule has 1 aromatic carbocycles. The van der Waals surface area contributed by atoms with Crippen LogP contribution in [0.15, 0.2) is 29.4 Å². The molecule has 2 rings (SSSR count). The number of anilines is 1. The van der Waals surface area contributed by atoms with Crippen LogP contribution in [0.4, 0.5) is 11.4 Å². The first-order valence-electron chi connectivity index (χ1n) is 4.87. The number of carboxylic acids is 1. The summed E-state index contributed by atoms with van der Waals surface area (Å²) in [6.45, 7) is 0. The lowest BCUT2D eigenvalue weighted by molar-refractivity contribution is -0.384. The van der Waals surface area contributed by atoms with Crippen molar-refractivity contribution in [1.29, 1.82) is 0 Å². The molecule has 1 aliphatic rings. The summed E-state index contributed by atoms with van der Waals surface area (Å²) in [5, 5.41) is 23.7. The number of benzene rings is 1. The molecule has 0 atom stereocenters. The lowest BCUT2D eigenvalue weighted by atomic mass is 10.2. The number of carbonyl (C=O) groups excluding carboxylic acids is 1. The minimum atomic E-state index is -1.26. The topological polar surface area (TPSA) is 113 Å². The van der Waals surface area contributed by atoms with Gasteiger partial charge in [0.05, 0.1) is 17.0 Å². The van der Waals surface area contributed by atoms with Gasteiger partial charge < -0.3 is 5.11 Å². The third kappa shape index (κ3) is 2.03. The van der Waals surface area contributed by atoms with Gasteiger partial charge in [-0.25, -0.2) is 4.79 Å². The highest BCUT2D eigenvalue weighted by atomic mass is 16.6. The lowest BCUT2D eigenvalue weighted by Gasteiger charge is -2.10. The summed E-state index contributed by atoms with van der Waals surface area (Å²) in [7, 11) is 0. The molecule has 0 fully saturated rings. The van der Waals surface area contributed by atoms with Gasteiger partial charge in [-0.15, -0.1) is 0 Å². The van der Waals surface area contributed by atoms with E-state index in [0.717, 1.165) is 5.01 Å². The Morgan fingerprint density at radius 3 is 2.44 bits per heavy atom. The van der Waals surface area contributed by atoms with Gasteiger partial charge in [0.25, 0.3) is 11.6 Å². The SMILES string of the molecule is O=C(O)C1=NN(c2ccc([N+](=O)[O-])cc2)C(=O)C1. The Bertz CT molecular complexity index is 563. The largest absolute Gasteiger partial charge is 0.477 e. The van der Waals surface area contributed by atoms with E-state index in [4.69, 9.17) is 5.11 Å². The zero-order valence-electron chi connectivity index (χ0n) is 8.94. The van der Waals surface area contributed by atoms with Gasteiger partial charge in [-0.3, -0.25) is 14.9 Å². The highest BCUT2D eigenvalue weighted by Gasteiger charge is 2.29. The summed E-state index contributed by atoms with van der Waals surface area (Å²) in [5.74, 6) is -1.74. The molecule has 0 aromatic heterocycles. The normalized spacial score (nSPS) is 14.6. The number of non-ortho nitro benzene ring substituents is 1. The van der Waals surface area contributed by atoms with E-state index < -0.39 is 16.8 Å². The number of carbonyl (C=O) groups is 2. The average molecular weight is 249 g/mol. The number of rotatable bonds is 3. The summed E-state index contributed by atoms with van der Waals surface area (Å²) >= 11 is 0. The van der Waals surface area contributed by atoms with Crippen LogP contribution in [-0.4, -0.2) is 27.6 Å². The number of aliphatic carboxylic acids is 1. The molecule has 8 nitrogen and oxygen atoms in total. The lowest BCUT2D eigenvalue weighted by Crippen LogP contribution is -2.19. The van der Waals surface area contributed by atoms with Crippen molar-refractivity contribution < 1.29 is 19.6 Å². The third-order valence-electron chi connectivity index (χ3n) is 2.33. The van der Waals surface area contributed by atoms with Crippen LogP contribution in [0.25, 0.3) is 0 Å². The molecule has 1 N–H and O–H groups in total. The molecule has 0 saturated heterocycles. The highest BCUT2D eigenvalue weighted by Crippen LogP contribution is 2.23. The average Bonchev–Trinajstić information content (AvgIpc) is 2.71. The number of hydrogen-bond donors (Lipinski definition) is 1. The quantitative estimate of drug-likeness (QED) is 0.627. The Kier molecular flexibility index (Phi) is 2.76. The van der Waals surface area contributed by atoms with Crippen molar-refractivity contribution in [3.8, 4) is 0 Å². The fraction of sp³-hybridized carbons (Fsp3) is 0.100. The maximum Gasteiger partial charge on any atom is 0.352 e. The van der Waals surface area contributed by atoms with E-state index in [9.17, 15) is 19.7 Å². The number of hydrogen-bond acceptors (Lipinski definition) is 5. The summed E-state index contributed by atoms with van der Waals surface area (Å²) in [5.41, 5.74) is -0.0759. The standard InChI is InChI=1S/C10H7N3O5/c14-9-5-8(10(15)16)11-12(9)6-1-3-7(4-2-6)13(17)18/h1-4H,5H2,(H,15,16). The van der Waals surface area contributed by atoms with Crippen LogP contribution in [0.5, 0.6) is 0 Å². The predicted molar refractivity (Wildman–Crippen MR) is 60.3 cm³/mol. The zero-order chi connectivity index (χ0) is 13.3.